The van der Waals surface area contributed by atoms with Crippen molar-refractivity contribution < 1.29 is 13.2 Å². The topological polar surface area (TPSA) is 14.2 Å². The molecule has 10 aromatic rings. The van der Waals surface area contributed by atoms with Gasteiger partial charge < -0.3 is 9.13 Å². The second-order valence-corrected chi connectivity index (χ2v) is 13.9. The smallest absolute Gasteiger partial charge is 0.308 e. The van der Waals surface area contributed by atoms with Crippen LogP contribution in [-0.4, -0.2) is 9.13 Å². The molecule has 56 heavy (non-hydrogen) atoms. The van der Waals surface area contributed by atoms with Crippen molar-refractivity contribution in [2.24, 2.45) is 0 Å². The van der Waals surface area contributed by atoms with E-state index in [1.807, 2.05) is 66.7 Å². The molecule has 0 fully saturated rings. The Labute approximate surface area is 320 Å². The summed E-state index contributed by atoms with van der Waals surface area (Å²) in [6.07, 6.45) is -4.63. The number of fused-ring (bicyclic) bond motifs is 6. The van der Waals surface area contributed by atoms with Crippen LogP contribution in [0.25, 0.3) is 93.2 Å². The van der Waals surface area contributed by atoms with Gasteiger partial charge in [0.1, 0.15) is 0 Å². The highest BCUT2D eigenvalue weighted by Crippen LogP contribution is 2.46. The number of benzene rings is 8. The predicted molar refractivity (Wildman–Crippen MR) is 223 cm³/mol. The van der Waals surface area contributed by atoms with Crippen LogP contribution in [0.5, 0.6) is 0 Å². The number of hydrogen-bond donors (Lipinski definition) is 0. The van der Waals surface area contributed by atoms with Crippen LogP contribution in [0.15, 0.2) is 182 Å². The summed E-state index contributed by atoms with van der Waals surface area (Å²) in [7, 11) is 0. The van der Waals surface area contributed by atoms with Gasteiger partial charge >= 0.3 is 6.18 Å². The van der Waals surface area contributed by atoms with Crippen LogP contribution >= 0.6 is 0 Å². The standard InChI is InChI=1S/C50H30F3N3/c1-54-43-31-49(56-45-23-13-10-20-38(45)41-29-35(25-27-47(41)56)33-16-6-3-7-17-33)48(30-39(43)36-18-8-11-21-42(36)50(51,52)53)55-44-22-12-9-19-37(44)40-28-34(24-26-46(40)55)32-14-4-2-5-15-32/h2-31H. The van der Waals surface area contributed by atoms with E-state index in [-0.39, 0.29) is 16.8 Å². The van der Waals surface area contributed by atoms with Crippen LogP contribution in [0.3, 0.4) is 0 Å². The Kier molecular flexibility index (Phi) is 7.65. The SMILES string of the molecule is [C-]#[N+]c1cc(-n2c3ccccc3c3cc(-c4ccccc4)ccc32)c(-n2c3ccccc3c3cc(-c4ccccc4)ccc32)cc1-c1ccccc1C(F)(F)F. The van der Waals surface area contributed by atoms with E-state index < -0.39 is 11.7 Å². The molecule has 2 aromatic heterocycles. The van der Waals surface area contributed by atoms with E-state index in [0.717, 1.165) is 71.9 Å². The lowest BCUT2D eigenvalue weighted by Gasteiger charge is -2.21. The Morgan fingerprint density at radius 3 is 1.36 bits per heavy atom. The third-order valence-corrected chi connectivity index (χ3v) is 10.8. The molecule has 10 rings (SSSR count). The number of halogens is 3. The van der Waals surface area contributed by atoms with Gasteiger partial charge in [-0.1, -0.05) is 127 Å². The lowest BCUT2D eigenvalue weighted by atomic mass is 9.96. The molecule has 3 nitrogen and oxygen atoms in total. The van der Waals surface area contributed by atoms with Gasteiger partial charge in [0.2, 0.25) is 0 Å². The molecule has 0 radical (unpaired) electrons. The maximum absolute atomic E-state index is 14.7. The number of nitrogens with zero attached hydrogens (tertiary/aromatic N) is 3. The van der Waals surface area contributed by atoms with E-state index in [1.165, 1.54) is 12.1 Å². The van der Waals surface area contributed by atoms with Gasteiger partial charge in [-0.3, -0.25) is 0 Å². The molecule has 0 unspecified atom stereocenters. The van der Waals surface area contributed by atoms with Crippen LogP contribution in [0, 0.1) is 6.57 Å². The largest absolute Gasteiger partial charge is 0.416 e. The van der Waals surface area contributed by atoms with Crippen LogP contribution in [0.2, 0.25) is 0 Å². The predicted octanol–water partition coefficient (Wildman–Crippen LogP) is 14.5. The molecule has 0 saturated carbocycles. The average molecular weight is 730 g/mol. The zero-order chi connectivity index (χ0) is 38.0. The first-order valence-electron chi connectivity index (χ1n) is 18.3. The molecule has 0 spiro atoms. The Morgan fingerprint density at radius 2 is 0.839 bits per heavy atom. The van der Waals surface area contributed by atoms with E-state index >= 15 is 0 Å². The monoisotopic (exact) mass is 729 g/mol. The molecule has 0 aliphatic rings. The summed E-state index contributed by atoms with van der Waals surface area (Å²) < 4.78 is 48.3. The Balaban J connectivity index is 1.34. The second kappa shape index (κ2) is 12.9. The van der Waals surface area contributed by atoms with E-state index in [1.54, 1.807) is 18.2 Å². The minimum absolute atomic E-state index is 0.0411. The minimum atomic E-state index is -4.63. The van der Waals surface area contributed by atoms with Crippen LogP contribution in [0.4, 0.5) is 18.9 Å². The van der Waals surface area contributed by atoms with Gasteiger partial charge in [-0.05, 0) is 88.0 Å². The molecule has 0 atom stereocenters. The molecule has 0 saturated heterocycles. The molecular formula is C50H30F3N3. The van der Waals surface area contributed by atoms with Gasteiger partial charge in [-0.15, -0.1) is 0 Å². The zero-order valence-corrected chi connectivity index (χ0v) is 29.8. The summed E-state index contributed by atoms with van der Waals surface area (Å²) in [4.78, 5) is 3.91. The quantitative estimate of drug-likeness (QED) is 0.157. The number of alkyl halides is 3. The Bertz CT molecular complexity index is 3180. The summed E-state index contributed by atoms with van der Waals surface area (Å²) in [5, 5.41) is 4.07. The van der Waals surface area contributed by atoms with E-state index in [2.05, 4.69) is 92.8 Å². The zero-order valence-electron chi connectivity index (χ0n) is 29.8. The van der Waals surface area contributed by atoms with E-state index in [9.17, 15) is 13.2 Å². The lowest BCUT2D eigenvalue weighted by molar-refractivity contribution is -0.137. The van der Waals surface area contributed by atoms with Crippen LogP contribution in [0.1, 0.15) is 5.56 Å². The molecule has 0 aliphatic heterocycles. The molecule has 0 N–H and O–H groups in total. The first kappa shape index (κ1) is 33.2. The number of aromatic nitrogens is 2. The normalized spacial score (nSPS) is 11.8. The van der Waals surface area contributed by atoms with Crippen molar-refractivity contribution in [1.29, 1.82) is 0 Å². The van der Waals surface area contributed by atoms with Crippen molar-refractivity contribution in [3.05, 3.63) is 199 Å². The van der Waals surface area contributed by atoms with Gasteiger partial charge in [-0.2, -0.15) is 13.2 Å². The van der Waals surface area contributed by atoms with Crippen molar-refractivity contribution in [3.63, 3.8) is 0 Å². The molecule has 8 aromatic carbocycles. The maximum Gasteiger partial charge on any atom is 0.416 e. The average Bonchev–Trinajstić information content (AvgIpc) is 3.75. The van der Waals surface area contributed by atoms with Crippen molar-refractivity contribution in [2.75, 3.05) is 0 Å². The second-order valence-electron chi connectivity index (χ2n) is 13.9. The molecule has 0 bridgehead atoms. The molecular weight excluding hydrogens is 700 g/mol. The van der Waals surface area contributed by atoms with Crippen LogP contribution < -0.4 is 0 Å². The summed E-state index contributed by atoms with van der Waals surface area (Å²) >= 11 is 0. The third-order valence-electron chi connectivity index (χ3n) is 10.8. The Hall–Kier alpha value is -7.36. The Morgan fingerprint density at radius 1 is 0.393 bits per heavy atom. The van der Waals surface area contributed by atoms with Crippen molar-refractivity contribution in [2.45, 2.75) is 6.18 Å². The number of para-hydroxylation sites is 2. The third kappa shape index (κ3) is 5.28. The van der Waals surface area contributed by atoms with Gasteiger partial charge in [-0.25, -0.2) is 4.85 Å². The molecule has 0 amide bonds. The fourth-order valence-electron chi connectivity index (χ4n) is 8.28. The molecule has 2 heterocycles. The van der Waals surface area contributed by atoms with Crippen LogP contribution in [-0.2, 0) is 6.18 Å². The summed E-state index contributed by atoms with van der Waals surface area (Å²) in [6.45, 7) is 8.37. The molecule has 0 aliphatic carbocycles. The number of rotatable bonds is 5. The maximum atomic E-state index is 14.7. The highest BCUT2D eigenvalue weighted by Gasteiger charge is 2.34. The van der Waals surface area contributed by atoms with Gasteiger partial charge in [0, 0.05) is 21.5 Å². The van der Waals surface area contributed by atoms with Gasteiger partial charge in [0.25, 0.3) is 0 Å². The van der Waals surface area contributed by atoms with E-state index in [4.69, 9.17) is 6.57 Å². The highest BCUT2D eigenvalue weighted by molar-refractivity contribution is 6.13. The van der Waals surface area contributed by atoms with Gasteiger partial charge in [0.15, 0.2) is 5.69 Å². The molecule has 6 heteroatoms. The summed E-state index contributed by atoms with van der Waals surface area (Å²) in [5.41, 5.74) is 8.76. The first-order valence-corrected chi connectivity index (χ1v) is 18.3. The van der Waals surface area contributed by atoms with Crippen molar-refractivity contribution >= 4 is 49.3 Å². The van der Waals surface area contributed by atoms with E-state index in [0.29, 0.717) is 11.4 Å². The van der Waals surface area contributed by atoms with Gasteiger partial charge in [0.05, 0.1) is 45.6 Å². The lowest BCUT2D eigenvalue weighted by Crippen LogP contribution is -2.08. The summed E-state index contributed by atoms with van der Waals surface area (Å²) in [5.74, 6) is 0. The first-order chi connectivity index (χ1) is 27.4. The fourth-order valence-corrected chi connectivity index (χ4v) is 8.28. The highest BCUT2D eigenvalue weighted by atomic mass is 19.4. The summed E-state index contributed by atoms with van der Waals surface area (Å²) in [6, 6.07) is 58.5. The van der Waals surface area contributed by atoms with Crippen molar-refractivity contribution in [3.8, 4) is 44.8 Å². The molecule has 266 valence electrons. The minimum Gasteiger partial charge on any atom is -0.308 e. The van der Waals surface area contributed by atoms with Crippen molar-refractivity contribution in [1.82, 2.24) is 9.13 Å². The fraction of sp³-hybridized carbons (Fsp3) is 0.0200. The number of hydrogen-bond acceptors (Lipinski definition) is 0.